The number of rotatable bonds is 3. The van der Waals surface area contributed by atoms with E-state index in [1.165, 1.54) is 4.68 Å². The molecule has 0 fully saturated rings. The van der Waals surface area contributed by atoms with E-state index in [4.69, 9.17) is 16.7 Å². The van der Waals surface area contributed by atoms with E-state index >= 15 is 0 Å². The first-order valence-electron chi connectivity index (χ1n) is 6.58. The molecule has 0 saturated carbocycles. The number of nitrogens with zero attached hydrogens (tertiary/aromatic N) is 3. The van der Waals surface area contributed by atoms with Gasteiger partial charge in [0, 0.05) is 10.6 Å². The topological polar surface area (TPSA) is 68.0 Å². The van der Waals surface area contributed by atoms with E-state index in [1.54, 1.807) is 6.07 Å². The minimum absolute atomic E-state index is 0.254. The Bertz CT molecular complexity index is 844. The summed E-state index contributed by atoms with van der Waals surface area (Å²) in [6.07, 6.45) is 0. The van der Waals surface area contributed by atoms with Crippen molar-refractivity contribution in [1.82, 2.24) is 14.8 Å². The molecule has 0 unspecified atom stereocenters. The van der Waals surface area contributed by atoms with Crippen LogP contribution in [0.3, 0.4) is 0 Å². The predicted octanol–water partition coefficient (Wildman–Crippen LogP) is 3.59. The Balaban J connectivity index is 2.21. The van der Waals surface area contributed by atoms with Gasteiger partial charge in [0.25, 0.3) is 5.82 Å². The lowest BCUT2D eigenvalue weighted by Gasteiger charge is -2.07. The Morgan fingerprint density at radius 1 is 1.18 bits per heavy atom. The summed E-state index contributed by atoms with van der Waals surface area (Å²) in [5.41, 5.74) is 2.37. The first-order chi connectivity index (χ1) is 10.6. The number of halogens is 1. The Kier molecular flexibility index (Phi) is 3.65. The zero-order valence-corrected chi connectivity index (χ0v) is 12.4. The van der Waals surface area contributed by atoms with Crippen molar-refractivity contribution in [3.63, 3.8) is 0 Å². The van der Waals surface area contributed by atoms with Gasteiger partial charge in [-0.15, -0.1) is 5.10 Å². The summed E-state index contributed by atoms with van der Waals surface area (Å²) in [5.74, 6) is -0.970. The summed E-state index contributed by atoms with van der Waals surface area (Å²) in [6, 6.07) is 14.7. The third kappa shape index (κ3) is 2.58. The largest absolute Gasteiger partial charge is 0.475 e. The number of carboxylic acid groups (broad SMARTS) is 1. The lowest BCUT2D eigenvalue weighted by molar-refractivity contribution is 0.0683. The average Bonchev–Trinajstić information content (AvgIpc) is 2.96. The molecule has 0 radical (unpaired) electrons. The molecule has 0 spiro atoms. The van der Waals surface area contributed by atoms with E-state index in [0.717, 1.165) is 11.1 Å². The average molecular weight is 314 g/mol. The van der Waals surface area contributed by atoms with E-state index in [1.807, 2.05) is 49.4 Å². The number of hydrogen-bond acceptors (Lipinski definition) is 3. The number of aromatic carboxylic acids is 1. The van der Waals surface area contributed by atoms with Gasteiger partial charge in [0.15, 0.2) is 5.82 Å². The summed E-state index contributed by atoms with van der Waals surface area (Å²) in [4.78, 5) is 15.3. The first-order valence-corrected chi connectivity index (χ1v) is 6.96. The third-order valence-electron chi connectivity index (χ3n) is 3.23. The molecule has 0 bridgehead atoms. The van der Waals surface area contributed by atoms with Gasteiger partial charge < -0.3 is 5.11 Å². The van der Waals surface area contributed by atoms with Gasteiger partial charge in [-0.2, -0.15) is 0 Å². The van der Waals surface area contributed by atoms with Crippen molar-refractivity contribution in [1.29, 1.82) is 0 Å². The van der Waals surface area contributed by atoms with Crippen LogP contribution >= 0.6 is 11.6 Å². The molecular weight excluding hydrogens is 302 g/mol. The maximum Gasteiger partial charge on any atom is 0.375 e. The lowest BCUT2D eigenvalue weighted by atomic mass is 10.2. The monoisotopic (exact) mass is 313 g/mol. The molecule has 5 nitrogen and oxygen atoms in total. The predicted molar refractivity (Wildman–Crippen MR) is 83.5 cm³/mol. The van der Waals surface area contributed by atoms with Crippen LogP contribution in [0.15, 0.2) is 48.5 Å². The van der Waals surface area contributed by atoms with Crippen LogP contribution in [-0.4, -0.2) is 25.8 Å². The second-order valence-corrected chi connectivity index (χ2v) is 5.18. The SMILES string of the molecule is Cc1ccc(-n2nc(C(=O)O)nc2-c2ccccc2)cc1Cl. The van der Waals surface area contributed by atoms with E-state index < -0.39 is 5.97 Å². The summed E-state index contributed by atoms with van der Waals surface area (Å²) in [5, 5.41) is 13.8. The van der Waals surface area contributed by atoms with Crippen LogP contribution < -0.4 is 0 Å². The van der Waals surface area contributed by atoms with Gasteiger partial charge in [-0.25, -0.2) is 14.5 Å². The number of aromatic nitrogens is 3. The number of carboxylic acids is 1. The molecule has 0 aliphatic heterocycles. The van der Waals surface area contributed by atoms with Gasteiger partial charge in [0.1, 0.15) is 0 Å². The van der Waals surface area contributed by atoms with E-state index in [9.17, 15) is 4.79 Å². The maximum atomic E-state index is 11.2. The van der Waals surface area contributed by atoms with Crippen molar-refractivity contribution in [3.05, 3.63) is 64.9 Å². The fourth-order valence-corrected chi connectivity index (χ4v) is 2.25. The van der Waals surface area contributed by atoms with Crippen molar-refractivity contribution in [2.24, 2.45) is 0 Å². The molecule has 6 heteroatoms. The highest BCUT2D eigenvalue weighted by atomic mass is 35.5. The number of carbonyl (C=O) groups is 1. The molecule has 0 aliphatic carbocycles. The summed E-state index contributed by atoms with van der Waals surface area (Å²) >= 11 is 6.15. The van der Waals surface area contributed by atoms with Crippen LogP contribution in [-0.2, 0) is 0 Å². The van der Waals surface area contributed by atoms with Gasteiger partial charge in [-0.1, -0.05) is 48.0 Å². The van der Waals surface area contributed by atoms with Crippen LogP contribution in [0, 0.1) is 6.92 Å². The highest BCUT2D eigenvalue weighted by Crippen LogP contribution is 2.24. The second-order valence-electron chi connectivity index (χ2n) is 4.78. The first kappa shape index (κ1) is 14.3. The normalized spacial score (nSPS) is 10.6. The third-order valence-corrected chi connectivity index (χ3v) is 3.64. The van der Waals surface area contributed by atoms with Crippen LogP contribution in [0.25, 0.3) is 17.1 Å². The Labute approximate surface area is 131 Å². The summed E-state index contributed by atoms with van der Waals surface area (Å²) in [6.45, 7) is 1.90. The molecule has 1 aromatic heterocycles. The summed E-state index contributed by atoms with van der Waals surface area (Å²) in [7, 11) is 0. The second kappa shape index (κ2) is 5.61. The van der Waals surface area contributed by atoms with Crippen molar-refractivity contribution in [3.8, 4) is 17.1 Å². The molecular formula is C16H12ClN3O2. The molecule has 110 valence electrons. The molecule has 2 aromatic carbocycles. The molecule has 1 N–H and O–H groups in total. The Morgan fingerprint density at radius 2 is 1.91 bits per heavy atom. The molecule has 1 heterocycles. The van der Waals surface area contributed by atoms with Crippen LogP contribution in [0.2, 0.25) is 5.02 Å². The molecule has 3 rings (SSSR count). The van der Waals surface area contributed by atoms with Crippen molar-refractivity contribution < 1.29 is 9.90 Å². The molecule has 0 atom stereocenters. The maximum absolute atomic E-state index is 11.2. The molecule has 22 heavy (non-hydrogen) atoms. The van der Waals surface area contributed by atoms with Gasteiger partial charge in [0.2, 0.25) is 0 Å². The minimum atomic E-state index is -1.17. The zero-order chi connectivity index (χ0) is 15.7. The molecule has 0 amide bonds. The number of benzene rings is 2. The van der Waals surface area contributed by atoms with E-state index in [2.05, 4.69) is 10.1 Å². The number of aryl methyl sites for hydroxylation is 1. The lowest BCUT2D eigenvalue weighted by Crippen LogP contribution is -2.02. The van der Waals surface area contributed by atoms with Crippen LogP contribution in [0.1, 0.15) is 16.2 Å². The fraction of sp³-hybridized carbons (Fsp3) is 0.0625. The van der Waals surface area contributed by atoms with E-state index in [0.29, 0.717) is 16.5 Å². The highest BCUT2D eigenvalue weighted by molar-refractivity contribution is 6.31. The molecule has 3 aromatic rings. The van der Waals surface area contributed by atoms with Gasteiger partial charge >= 0.3 is 5.97 Å². The molecule has 0 aliphatic rings. The van der Waals surface area contributed by atoms with Crippen molar-refractivity contribution in [2.45, 2.75) is 6.92 Å². The van der Waals surface area contributed by atoms with Crippen LogP contribution in [0.5, 0.6) is 0 Å². The van der Waals surface area contributed by atoms with Gasteiger partial charge in [-0.3, -0.25) is 0 Å². The molecule has 0 saturated heterocycles. The van der Waals surface area contributed by atoms with Crippen LogP contribution in [0.4, 0.5) is 0 Å². The smallest absolute Gasteiger partial charge is 0.375 e. The Morgan fingerprint density at radius 3 is 2.55 bits per heavy atom. The van der Waals surface area contributed by atoms with E-state index in [-0.39, 0.29) is 5.82 Å². The van der Waals surface area contributed by atoms with Crippen molar-refractivity contribution >= 4 is 17.6 Å². The minimum Gasteiger partial charge on any atom is -0.475 e. The fourth-order valence-electron chi connectivity index (χ4n) is 2.07. The zero-order valence-electron chi connectivity index (χ0n) is 11.7. The van der Waals surface area contributed by atoms with Gasteiger partial charge in [0.05, 0.1) is 5.69 Å². The standard InChI is InChI=1S/C16H12ClN3O2/c1-10-7-8-12(9-13(10)17)20-15(11-5-3-2-4-6-11)18-14(19-20)16(21)22/h2-9H,1H3,(H,21,22). The highest BCUT2D eigenvalue weighted by Gasteiger charge is 2.18. The quantitative estimate of drug-likeness (QED) is 0.802. The Hall–Kier alpha value is -2.66. The number of hydrogen-bond donors (Lipinski definition) is 1. The van der Waals surface area contributed by atoms with Gasteiger partial charge in [-0.05, 0) is 24.6 Å². The van der Waals surface area contributed by atoms with Crippen molar-refractivity contribution in [2.75, 3.05) is 0 Å². The summed E-state index contributed by atoms with van der Waals surface area (Å²) < 4.78 is 1.49.